The van der Waals surface area contributed by atoms with Crippen molar-refractivity contribution in [1.82, 2.24) is 0 Å². The predicted molar refractivity (Wildman–Crippen MR) is 67.1 cm³/mol. The average Bonchev–Trinajstić information content (AvgIpc) is 2.28. The third-order valence-electron chi connectivity index (χ3n) is 2.44. The van der Waals surface area contributed by atoms with Crippen molar-refractivity contribution >= 4 is 17.1 Å². The molecule has 0 saturated carbocycles. The summed E-state index contributed by atoms with van der Waals surface area (Å²) < 4.78 is 0. The van der Waals surface area contributed by atoms with Crippen LogP contribution >= 0.6 is 0 Å². The minimum atomic E-state index is -0.505. The lowest BCUT2D eigenvalue weighted by molar-refractivity contribution is -0.383. The number of aliphatic hydroxyl groups excluding tert-OH is 1. The fraction of sp³-hybridized carbons (Fsp3) is 0.455. The van der Waals surface area contributed by atoms with E-state index < -0.39 is 4.92 Å². The van der Waals surface area contributed by atoms with E-state index in [1.807, 2.05) is 11.8 Å². The van der Waals surface area contributed by atoms with Gasteiger partial charge in [0.25, 0.3) is 5.69 Å². The Morgan fingerprint density at radius 1 is 1.47 bits per heavy atom. The zero-order valence-corrected chi connectivity index (χ0v) is 9.80. The second kappa shape index (κ2) is 6.05. The van der Waals surface area contributed by atoms with Crippen molar-refractivity contribution < 1.29 is 10.0 Å². The summed E-state index contributed by atoms with van der Waals surface area (Å²) in [5.74, 6) is 0. The molecule has 0 aliphatic rings. The second-order valence-corrected chi connectivity index (χ2v) is 3.71. The number of nitro benzene ring substituents is 1. The van der Waals surface area contributed by atoms with Crippen LogP contribution in [0.1, 0.15) is 13.3 Å². The van der Waals surface area contributed by atoms with E-state index in [1.165, 1.54) is 6.07 Å². The van der Waals surface area contributed by atoms with Gasteiger partial charge in [-0.3, -0.25) is 10.1 Å². The lowest BCUT2D eigenvalue weighted by atomic mass is 10.2. The molecule has 17 heavy (non-hydrogen) atoms. The smallest absolute Gasteiger partial charge is 0.292 e. The van der Waals surface area contributed by atoms with Gasteiger partial charge in [-0.2, -0.15) is 0 Å². The third-order valence-corrected chi connectivity index (χ3v) is 2.44. The fourth-order valence-corrected chi connectivity index (χ4v) is 1.67. The van der Waals surface area contributed by atoms with Crippen LogP contribution in [0.3, 0.4) is 0 Å². The van der Waals surface area contributed by atoms with Gasteiger partial charge in [0, 0.05) is 24.8 Å². The molecule has 0 fully saturated rings. The standard InChI is InChI=1S/C11H17N3O3/c1-2-5-13(6-7-15)9-3-4-11(14(16)17)10(12)8-9/h3-4,8,15H,2,5-7,12H2,1H3. The molecule has 0 amide bonds. The molecule has 0 saturated heterocycles. The van der Waals surface area contributed by atoms with Crippen LogP contribution in [0, 0.1) is 10.1 Å². The number of nitrogens with two attached hydrogens (primary N) is 1. The molecule has 3 N–H and O–H groups in total. The molecule has 0 radical (unpaired) electrons. The Balaban J connectivity index is 2.97. The molecule has 6 heteroatoms. The van der Waals surface area contributed by atoms with E-state index in [-0.39, 0.29) is 18.0 Å². The van der Waals surface area contributed by atoms with Gasteiger partial charge in [-0.05, 0) is 18.6 Å². The van der Waals surface area contributed by atoms with Crippen molar-refractivity contribution in [1.29, 1.82) is 0 Å². The normalized spacial score (nSPS) is 10.2. The molecule has 0 spiro atoms. The van der Waals surface area contributed by atoms with Crippen LogP contribution in [0.2, 0.25) is 0 Å². The Hall–Kier alpha value is -1.82. The van der Waals surface area contributed by atoms with Gasteiger partial charge >= 0.3 is 0 Å². The molecule has 0 unspecified atom stereocenters. The van der Waals surface area contributed by atoms with Gasteiger partial charge in [0.2, 0.25) is 0 Å². The molecule has 94 valence electrons. The molecule has 0 aliphatic carbocycles. The number of hydrogen-bond donors (Lipinski definition) is 2. The molecule has 1 aromatic rings. The van der Waals surface area contributed by atoms with Gasteiger partial charge in [0.15, 0.2) is 0 Å². The van der Waals surface area contributed by atoms with E-state index in [9.17, 15) is 10.1 Å². The zero-order chi connectivity index (χ0) is 12.8. The van der Waals surface area contributed by atoms with Crippen molar-refractivity contribution in [2.24, 2.45) is 0 Å². The highest BCUT2D eigenvalue weighted by Gasteiger charge is 2.13. The van der Waals surface area contributed by atoms with Crippen LogP contribution in [0.15, 0.2) is 18.2 Å². The molecule has 0 atom stereocenters. The Morgan fingerprint density at radius 3 is 2.65 bits per heavy atom. The Bertz CT molecular complexity index is 390. The van der Waals surface area contributed by atoms with Crippen LogP contribution in [-0.4, -0.2) is 29.7 Å². The number of aliphatic hydroxyl groups is 1. The SMILES string of the molecule is CCCN(CCO)c1ccc([N+](=O)[O-])c(N)c1. The summed E-state index contributed by atoms with van der Waals surface area (Å²) in [5, 5.41) is 19.6. The van der Waals surface area contributed by atoms with E-state index in [1.54, 1.807) is 12.1 Å². The molecule has 0 bridgehead atoms. The lowest BCUT2D eigenvalue weighted by Crippen LogP contribution is -2.27. The van der Waals surface area contributed by atoms with Crippen molar-refractivity contribution in [2.45, 2.75) is 13.3 Å². The maximum absolute atomic E-state index is 10.6. The summed E-state index contributed by atoms with van der Waals surface area (Å²) in [5.41, 5.74) is 6.47. The third kappa shape index (κ3) is 3.32. The topological polar surface area (TPSA) is 92.6 Å². The van der Waals surface area contributed by atoms with Crippen LogP contribution in [-0.2, 0) is 0 Å². The molecule has 0 heterocycles. The number of benzene rings is 1. The quantitative estimate of drug-likeness (QED) is 0.444. The number of rotatable bonds is 6. The maximum Gasteiger partial charge on any atom is 0.292 e. The Morgan fingerprint density at radius 2 is 2.18 bits per heavy atom. The van der Waals surface area contributed by atoms with Gasteiger partial charge in [0.05, 0.1) is 11.5 Å². The van der Waals surface area contributed by atoms with Crippen LogP contribution in [0.5, 0.6) is 0 Å². The largest absolute Gasteiger partial charge is 0.395 e. The summed E-state index contributed by atoms with van der Waals surface area (Å²) in [7, 11) is 0. The van der Waals surface area contributed by atoms with Crippen LogP contribution in [0.25, 0.3) is 0 Å². The van der Waals surface area contributed by atoms with Crippen molar-refractivity contribution in [3.8, 4) is 0 Å². The Kier molecular flexibility index (Phi) is 4.71. The first-order chi connectivity index (χ1) is 8.10. The van der Waals surface area contributed by atoms with Gasteiger partial charge < -0.3 is 15.7 Å². The molecule has 0 aromatic heterocycles. The van der Waals surface area contributed by atoms with Gasteiger partial charge in [-0.25, -0.2) is 0 Å². The van der Waals surface area contributed by atoms with Crippen molar-refractivity contribution in [3.05, 3.63) is 28.3 Å². The number of nitro groups is 1. The minimum absolute atomic E-state index is 0.0386. The number of anilines is 2. The van der Waals surface area contributed by atoms with E-state index in [0.717, 1.165) is 18.7 Å². The van der Waals surface area contributed by atoms with Crippen molar-refractivity contribution in [3.63, 3.8) is 0 Å². The van der Waals surface area contributed by atoms with Gasteiger partial charge in [-0.15, -0.1) is 0 Å². The van der Waals surface area contributed by atoms with E-state index in [2.05, 4.69) is 0 Å². The van der Waals surface area contributed by atoms with Gasteiger partial charge in [-0.1, -0.05) is 6.92 Å². The second-order valence-electron chi connectivity index (χ2n) is 3.71. The summed E-state index contributed by atoms with van der Waals surface area (Å²) in [4.78, 5) is 12.1. The fourth-order valence-electron chi connectivity index (χ4n) is 1.67. The zero-order valence-electron chi connectivity index (χ0n) is 9.80. The van der Waals surface area contributed by atoms with E-state index in [0.29, 0.717) is 6.54 Å². The molecular formula is C11H17N3O3. The molecule has 1 rings (SSSR count). The Labute approximate surface area is 99.8 Å². The summed E-state index contributed by atoms with van der Waals surface area (Å²) >= 11 is 0. The van der Waals surface area contributed by atoms with Gasteiger partial charge in [0.1, 0.15) is 5.69 Å². The predicted octanol–water partition coefficient (Wildman–Crippen LogP) is 1.39. The molecule has 0 aliphatic heterocycles. The van der Waals surface area contributed by atoms with Crippen molar-refractivity contribution in [2.75, 3.05) is 30.3 Å². The summed E-state index contributed by atoms with van der Waals surface area (Å²) in [6.45, 7) is 3.33. The molecule has 1 aromatic carbocycles. The first-order valence-corrected chi connectivity index (χ1v) is 5.49. The average molecular weight is 239 g/mol. The van der Waals surface area contributed by atoms with Crippen LogP contribution < -0.4 is 10.6 Å². The summed E-state index contributed by atoms with van der Waals surface area (Å²) in [6.07, 6.45) is 0.927. The highest BCUT2D eigenvalue weighted by Crippen LogP contribution is 2.26. The van der Waals surface area contributed by atoms with E-state index >= 15 is 0 Å². The maximum atomic E-state index is 10.6. The molecular weight excluding hydrogens is 222 g/mol. The number of nitrogen functional groups attached to an aromatic ring is 1. The van der Waals surface area contributed by atoms with E-state index in [4.69, 9.17) is 10.8 Å². The van der Waals surface area contributed by atoms with Crippen LogP contribution in [0.4, 0.5) is 17.1 Å². The number of hydrogen-bond acceptors (Lipinski definition) is 5. The highest BCUT2D eigenvalue weighted by molar-refractivity contribution is 5.66. The lowest BCUT2D eigenvalue weighted by Gasteiger charge is -2.23. The first-order valence-electron chi connectivity index (χ1n) is 5.49. The number of nitrogens with zero attached hydrogens (tertiary/aromatic N) is 2. The monoisotopic (exact) mass is 239 g/mol. The minimum Gasteiger partial charge on any atom is -0.395 e. The first kappa shape index (κ1) is 13.2. The molecule has 6 nitrogen and oxygen atoms in total. The summed E-state index contributed by atoms with van der Waals surface area (Å²) in [6, 6.07) is 4.62. The highest BCUT2D eigenvalue weighted by atomic mass is 16.6.